The van der Waals surface area contributed by atoms with Gasteiger partial charge in [0.05, 0.1) is 5.75 Å². The van der Waals surface area contributed by atoms with Crippen molar-refractivity contribution in [1.82, 2.24) is 9.88 Å². The first-order valence-corrected chi connectivity index (χ1v) is 7.79. The van der Waals surface area contributed by atoms with Crippen LogP contribution in [-0.4, -0.2) is 40.7 Å². The van der Waals surface area contributed by atoms with E-state index in [0.29, 0.717) is 23.6 Å². The number of hydrogen-bond donors (Lipinski definition) is 1. The molecule has 1 saturated heterocycles. The predicted octanol–water partition coefficient (Wildman–Crippen LogP) is 1.37. The smallest absolute Gasteiger partial charge is 0.232 e. The average molecular weight is 277 g/mol. The predicted molar refractivity (Wildman–Crippen MR) is 75.7 cm³/mol. The molecule has 1 aromatic rings. The van der Waals surface area contributed by atoms with E-state index in [2.05, 4.69) is 4.98 Å². The van der Waals surface area contributed by atoms with Crippen molar-refractivity contribution in [3.8, 4) is 0 Å². The second-order valence-corrected chi connectivity index (χ2v) is 6.48. The molecule has 0 spiro atoms. The standard InChI is InChI=1S/C14H19N3OS/c15-13-2-1-10-7-17(8-12(10)13)14(18)9-19-11-3-5-16-6-4-11/h3-6,10,12-13H,1-2,7-9,15H2. The van der Waals surface area contributed by atoms with Crippen LogP contribution in [0.4, 0.5) is 0 Å². The number of fused-ring (bicyclic) bond motifs is 1. The van der Waals surface area contributed by atoms with Gasteiger partial charge in [-0.05, 0) is 36.8 Å². The summed E-state index contributed by atoms with van der Waals surface area (Å²) in [5.74, 6) is 1.93. The highest BCUT2D eigenvalue weighted by Gasteiger charge is 2.42. The second-order valence-electron chi connectivity index (χ2n) is 5.44. The van der Waals surface area contributed by atoms with Gasteiger partial charge in [-0.15, -0.1) is 11.8 Å². The number of likely N-dealkylation sites (tertiary alicyclic amines) is 1. The van der Waals surface area contributed by atoms with E-state index in [9.17, 15) is 4.79 Å². The number of aromatic nitrogens is 1. The minimum absolute atomic E-state index is 0.239. The quantitative estimate of drug-likeness (QED) is 0.848. The summed E-state index contributed by atoms with van der Waals surface area (Å²) in [5.41, 5.74) is 6.10. The van der Waals surface area contributed by atoms with Gasteiger partial charge in [0, 0.05) is 36.4 Å². The summed E-state index contributed by atoms with van der Waals surface area (Å²) in [6.45, 7) is 1.77. The van der Waals surface area contributed by atoms with Gasteiger partial charge in [-0.2, -0.15) is 0 Å². The van der Waals surface area contributed by atoms with Gasteiger partial charge in [0.1, 0.15) is 0 Å². The summed E-state index contributed by atoms with van der Waals surface area (Å²) < 4.78 is 0. The zero-order chi connectivity index (χ0) is 13.2. The normalized spacial score (nSPS) is 29.5. The van der Waals surface area contributed by atoms with Gasteiger partial charge in [-0.1, -0.05) is 0 Å². The van der Waals surface area contributed by atoms with Crippen molar-refractivity contribution in [2.75, 3.05) is 18.8 Å². The molecule has 2 fully saturated rings. The molecule has 2 heterocycles. The highest BCUT2D eigenvalue weighted by Crippen LogP contribution is 2.37. The number of carbonyl (C=O) groups is 1. The van der Waals surface area contributed by atoms with E-state index in [0.717, 1.165) is 24.4 Å². The number of hydrogen-bond acceptors (Lipinski definition) is 4. The van der Waals surface area contributed by atoms with Crippen molar-refractivity contribution < 1.29 is 4.79 Å². The van der Waals surface area contributed by atoms with Crippen LogP contribution in [0.2, 0.25) is 0 Å². The lowest BCUT2D eigenvalue weighted by Crippen LogP contribution is -2.34. The molecule has 3 rings (SSSR count). The lowest BCUT2D eigenvalue weighted by atomic mass is 9.98. The number of nitrogens with zero attached hydrogens (tertiary/aromatic N) is 2. The molecule has 5 heteroatoms. The number of thioether (sulfide) groups is 1. The molecule has 3 unspecified atom stereocenters. The Morgan fingerprint density at radius 1 is 1.37 bits per heavy atom. The molecular weight excluding hydrogens is 258 g/mol. The van der Waals surface area contributed by atoms with Crippen molar-refractivity contribution in [2.24, 2.45) is 17.6 Å². The van der Waals surface area contributed by atoms with Crippen LogP contribution in [0.25, 0.3) is 0 Å². The van der Waals surface area contributed by atoms with Crippen LogP contribution in [0.1, 0.15) is 12.8 Å². The number of nitrogens with two attached hydrogens (primary N) is 1. The largest absolute Gasteiger partial charge is 0.341 e. The fourth-order valence-corrected chi connectivity index (χ4v) is 3.97. The van der Waals surface area contributed by atoms with E-state index < -0.39 is 0 Å². The van der Waals surface area contributed by atoms with Crippen LogP contribution in [0.15, 0.2) is 29.4 Å². The molecule has 2 aliphatic rings. The number of pyridine rings is 1. The van der Waals surface area contributed by atoms with E-state index in [1.807, 2.05) is 17.0 Å². The summed E-state index contributed by atoms with van der Waals surface area (Å²) in [4.78, 5) is 19.3. The van der Waals surface area contributed by atoms with E-state index in [4.69, 9.17) is 5.73 Å². The zero-order valence-corrected chi connectivity index (χ0v) is 11.7. The van der Waals surface area contributed by atoms with Crippen LogP contribution in [0.3, 0.4) is 0 Å². The molecule has 0 radical (unpaired) electrons. The lowest BCUT2D eigenvalue weighted by molar-refractivity contribution is -0.127. The molecule has 0 bridgehead atoms. The van der Waals surface area contributed by atoms with Crippen molar-refractivity contribution in [1.29, 1.82) is 0 Å². The number of rotatable bonds is 3. The highest BCUT2D eigenvalue weighted by atomic mass is 32.2. The Hall–Kier alpha value is -1.07. The van der Waals surface area contributed by atoms with Crippen LogP contribution in [0, 0.1) is 11.8 Å². The molecule has 4 nitrogen and oxygen atoms in total. The molecule has 3 atom stereocenters. The van der Waals surface area contributed by atoms with E-state index in [1.54, 1.807) is 24.2 Å². The maximum Gasteiger partial charge on any atom is 0.232 e. The van der Waals surface area contributed by atoms with E-state index in [-0.39, 0.29) is 5.91 Å². The molecule has 1 amide bonds. The molecule has 1 aromatic heterocycles. The topological polar surface area (TPSA) is 59.2 Å². The van der Waals surface area contributed by atoms with Gasteiger partial charge < -0.3 is 10.6 Å². The third-order valence-electron chi connectivity index (χ3n) is 4.28. The minimum atomic E-state index is 0.239. The maximum atomic E-state index is 12.2. The molecule has 0 aromatic carbocycles. The Balaban J connectivity index is 1.52. The first-order valence-electron chi connectivity index (χ1n) is 6.80. The van der Waals surface area contributed by atoms with Crippen LogP contribution in [0.5, 0.6) is 0 Å². The fraction of sp³-hybridized carbons (Fsp3) is 0.571. The lowest BCUT2D eigenvalue weighted by Gasteiger charge is -2.18. The fourth-order valence-electron chi connectivity index (χ4n) is 3.18. The van der Waals surface area contributed by atoms with E-state index in [1.165, 1.54) is 6.42 Å². The summed E-state index contributed by atoms with van der Waals surface area (Å²) in [6, 6.07) is 4.18. The molecule has 19 heavy (non-hydrogen) atoms. The van der Waals surface area contributed by atoms with E-state index >= 15 is 0 Å². The van der Waals surface area contributed by atoms with Gasteiger partial charge >= 0.3 is 0 Å². The summed E-state index contributed by atoms with van der Waals surface area (Å²) >= 11 is 1.58. The van der Waals surface area contributed by atoms with Gasteiger partial charge in [0.25, 0.3) is 0 Å². The van der Waals surface area contributed by atoms with Gasteiger partial charge in [0.2, 0.25) is 5.91 Å². The second kappa shape index (κ2) is 5.51. The Morgan fingerprint density at radius 3 is 2.89 bits per heavy atom. The number of carbonyl (C=O) groups excluding carboxylic acids is 1. The van der Waals surface area contributed by atoms with Crippen molar-refractivity contribution >= 4 is 17.7 Å². The number of amides is 1. The molecule has 1 aliphatic heterocycles. The summed E-state index contributed by atoms with van der Waals surface area (Å²) in [7, 11) is 0. The monoisotopic (exact) mass is 277 g/mol. The molecule has 2 N–H and O–H groups in total. The average Bonchev–Trinajstić information content (AvgIpc) is 3.00. The maximum absolute atomic E-state index is 12.2. The van der Waals surface area contributed by atoms with Crippen molar-refractivity contribution in [2.45, 2.75) is 23.8 Å². The molecular formula is C14H19N3OS. The van der Waals surface area contributed by atoms with Crippen LogP contribution >= 0.6 is 11.8 Å². The van der Waals surface area contributed by atoms with Crippen molar-refractivity contribution in [3.05, 3.63) is 24.5 Å². The van der Waals surface area contributed by atoms with Crippen LogP contribution < -0.4 is 5.73 Å². The Morgan fingerprint density at radius 2 is 2.16 bits per heavy atom. The highest BCUT2D eigenvalue weighted by molar-refractivity contribution is 8.00. The molecule has 102 valence electrons. The molecule has 1 aliphatic carbocycles. The Labute approximate surface area is 117 Å². The minimum Gasteiger partial charge on any atom is -0.341 e. The van der Waals surface area contributed by atoms with Crippen molar-refractivity contribution in [3.63, 3.8) is 0 Å². The first kappa shape index (κ1) is 12.9. The summed E-state index contributed by atoms with van der Waals surface area (Å²) in [6.07, 6.45) is 5.83. The van der Waals surface area contributed by atoms with Crippen LogP contribution in [-0.2, 0) is 4.79 Å². The zero-order valence-electron chi connectivity index (χ0n) is 10.9. The van der Waals surface area contributed by atoms with Gasteiger partial charge in [-0.3, -0.25) is 9.78 Å². The summed E-state index contributed by atoms with van der Waals surface area (Å²) in [5, 5.41) is 0. The van der Waals surface area contributed by atoms with Gasteiger partial charge in [-0.25, -0.2) is 0 Å². The SMILES string of the molecule is NC1CCC2CN(C(=O)CSc3ccncc3)CC12. The molecule has 1 saturated carbocycles. The Kier molecular flexibility index (Phi) is 3.75. The first-order chi connectivity index (χ1) is 9.24. The van der Waals surface area contributed by atoms with Gasteiger partial charge in [0.15, 0.2) is 0 Å². The third-order valence-corrected chi connectivity index (χ3v) is 5.27. The third kappa shape index (κ3) is 2.77. The Bertz CT molecular complexity index is 453.